The molecule has 0 unspecified atom stereocenters. The highest BCUT2D eigenvalue weighted by Crippen LogP contribution is 2.49. The molecule has 0 saturated carbocycles. The Bertz CT molecular complexity index is 3420. The Morgan fingerprint density at radius 1 is 0.362 bits per heavy atom. The summed E-state index contributed by atoms with van der Waals surface area (Å²) >= 11 is 0. The van der Waals surface area contributed by atoms with E-state index >= 15 is 0 Å². The average molecular weight is 604 g/mol. The van der Waals surface area contributed by atoms with Crippen LogP contribution in [0.2, 0.25) is 0 Å². The number of hydrogen-bond donors (Lipinski definition) is 0. The van der Waals surface area contributed by atoms with Crippen LogP contribution in [0.4, 0.5) is 0 Å². The summed E-state index contributed by atoms with van der Waals surface area (Å²) in [5.74, 6) is 1.64. The molecular formula is C46H26O. The molecule has 0 fully saturated rings. The van der Waals surface area contributed by atoms with Crippen molar-refractivity contribution in [2.45, 2.75) is 0 Å². The van der Waals surface area contributed by atoms with Crippen molar-refractivity contribution in [3.63, 3.8) is 0 Å². The van der Waals surface area contributed by atoms with Crippen LogP contribution in [-0.2, 0) is 0 Å². The largest absolute Gasteiger partial charge is 0.456 e. The summed E-state index contributed by atoms with van der Waals surface area (Å²) in [7, 11) is 0. The second-order valence-corrected chi connectivity index (χ2v) is 12.2. The van der Waals surface area contributed by atoms with Gasteiger partial charge in [0.1, 0.15) is 11.5 Å². The summed E-state index contributed by atoms with van der Waals surface area (Å²) < 4.78 is 86.1. The van der Waals surface area contributed by atoms with Crippen LogP contribution in [0.5, 0.6) is 11.5 Å². The quantitative estimate of drug-likeness (QED) is 0.179. The average Bonchev–Trinajstić information content (AvgIpc) is 3.21. The van der Waals surface area contributed by atoms with Crippen molar-refractivity contribution in [2.24, 2.45) is 0 Å². The minimum absolute atomic E-state index is 0.0322. The van der Waals surface area contributed by atoms with Crippen molar-refractivity contribution in [3.8, 4) is 44.9 Å². The molecule has 11 rings (SSSR count). The van der Waals surface area contributed by atoms with Crippen LogP contribution < -0.4 is 4.74 Å². The van der Waals surface area contributed by atoms with E-state index in [0.29, 0.717) is 5.56 Å². The van der Waals surface area contributed by atoms with Crippen LogP contribution in [0.1, 0.15) is 12.3 Å². The van der Waals surface area contributed by atoms with Crippen molar-refractivity contribution >= 4 is 64.6 Å². The zero-order chi connectivity index (χ0) is 38.5. The molecule has 1 nitrogen and oxygen atoms in total. The van der Waals surface area contributed by atoms with Gasteiger partial charge < -0.3 is 4.74 Å². The first-order chi connectivity index (χ1) is 27.0. The summed E-state index contributed by atoms with van der Waals surface area (Å²) in [5, 5.41) is 6.67. The SMILES string of the molecule is [2H]c1c([2H])c2c([2H])c([2H])c3c([2H])c([2H])c(-c4ccc5cc(-c6ccc7c(c6)-c6cccc8c6c(cc6ccccc68)O7)ccc5c4)c4c([2H])c([2H])c(c1[2H])c2c34. The topological polar surface area (TPSA) is 9.23 Å². The van der Waals surface area contributed by atoms with E-state index in [1.54, 1.807) is 0 Å². The van der Waals surface area contributed by atoms with Gasteiger partial charge in [-0.3, -0.25) is 0 Å². The summed E-state index contributed by atoms with van der Waals surface area (Å²) in [6, 6.07) is 31.5. The smallest absolute Gasteiger partial charge is 0.136 e. The van der Waals surface area contributed by atoms with Gasteiger partial charge in [0.2, 0.25) is 0 Å². The Morgan fingerprint density at radius 3 is 1.96 bits per heavy atom. The van der Waals surface area contributed by atoms with Crippen LogP contribution in [0, 0.1) is 0 Å². The lowest BCUT2D eigenvalue weighted by atomic mass is 9.89. The highest BCUT2D eigenvalue weighted by Gasteiger charge is 2.22. The molecule has 216 valence electrons. The molecule has 0 aromatic heterocycles. The molecule has 0 N–H and O–H groups in total. The van der Waals surface area contributed by atoms with E-state index in [9.17, 15) is 1.37 Å². The zero-order valence-corrected chi connectivity index (χ0v) is 24.7. The summed E-state index contributed by atoms with van der Waals surface area (Å²) in [6.07, 6.45) is 0. The summed E-state index contributed by atoms with van der Waals surface area (Å²) in [6.45, 7) is 0. The lowest BCUT2D eigenvalue weighted by molar-refractivity contribution is 0.488. The number of hydrogen-bond acceptors (Lipinski definition) is 1. The lowest BCUT2D eigenvalue weighted by Crippen LogP contribution is -1.98. The minimum Gasteiger partial charge on any atom is -0.456 e. The molecular weight excluding hydrogens is 569 g/mol. The zero-order valence-electron chi connectivity index (χ0n) is 33.7. The molecule has 1 heterocycles. The van der Waals surface area contributed by atoms with Gasteiger partial charge in [-0.15, -0.1) is 0 Å². The van der Waals surface area contributed by atoms with Gasteiger partial charge in [-0.1, -0.05) is 127 Å². The fraction of sp³-hybridized carbons (Fsp3) is 0. The Labute approximate surface area is 283 Å². The van der Waals surface area contributed by atoms with Gasteiger partial charge in [0.25, 0.3) is 0 Å². The number of ether oxygens (including phenoxy) is 1. The predicted octanol–water partition coefficient (Wildman–Crippen LogP) is 13.2. The van der Waals surface area contributed by atoms with E-state index in [1.807, 2.05) is 42.5 Å². The first-order valence-electron chi connectivity index (χ1n) is 20.0. The number of benzene rings is 10. The standard InChI is InChI=1S/C46H26O/c1-2-8-36-34(5-1)26-43-46-38(36)9-4-10-39(46)41-25-33(19-22-42(41)47-43)31-13-14-32-24-35(16-15-30(32)23-31)37-20-17-29-12-11-27-6-3-7-28-18-21-40(37)45(29)44(27)28/h1-26H/i3D,6D,7D,11D,12D,17D,18D,20D,21D. The van der Waals surface area contributed by atoms with E-state index in [4.69, 9.17) is 15.7 Å². The molecule has 10 aromatic rings. The highest BCUT2D eigenvalue weighted by molar-refractivity contribution is 6.25. The van der Waals surface area contributed by atoms with Crippen molar-refractivity contribution in [1.82, 2.24) is 0 Å². The first kappa shape index (κ1) is 18.1. The molecule has 1 aliphatic rings. The molecule has 1 heteroatoms. The summed E-state index contributed by atoms with van der Waals surface area (Å²) in [4.78, 5) is 0. The van der Waals surface area contributed by atoms with Gasteiger partial charge in [0, 0.05) is 10.9 Å². The van der Waals surface area contributed by atoms with E-state index < -0.39 is 24.2 Å². The maximum Gasteiger partial charge on any atom is 0.136 e. The Balaban J connectivity index is 1.08. The molecule has 1 aliphatic heterocycles. The predicted molar refractivity (Wildman–Crippen MR) is 199 cm³/mol. The van der Waals surface area contributed by atoms with Crippen molar-refractivity contribution in [3.05, 3.63) is 158 Å². The van der Waals surface area contributed by atoms with Crippen LogP contribution in [0.15, 0.2) is 158 Å². The first-order valence-corrected chi connectivity index (χ1v) is 15.5. The molecule has 0 spiro atoms. The summed E-state index contributed by atoms with van der Waals surface area (Å²) in [5.41, 5.74) is 4.90. The van der Waals surface area contributed by atoms with Gasteiger partial charge in [-0.25, -0.2) is 0 Å². The Kier molecular flexibility index (Phi) is 3.54. The molecule has 0 saturated heterocycles. The van der Waals surface area contributed by atoms with Gasteiger partial charge in [-0.2, -0.15) is 0 Å². The second-order valence-electron chi connectivity index (χ2n) is 12.2. The van der Waals surface area contributed by atoms with Gasteiger partial charge in [-0.05, 0) is 117 Å². The molecule has 0 radical (unpaired) electrons. The van der Waals surface area contributed by atoms with Crippen LogP contribution in [0.3, 0.4) is 0 Å². The van der Waals surface area contributed by atoms with Gasteiger partial charge >= 0.3 is 0 Å². The molecule has 0 atom stereocenters. The van der Waals surface area contributed by atoms with Crippen molar-refractivity contribution in [2.75, 3.05) is 0 Å². The van der Waals surface area contributed by atoms with Crippen LogP contribution >= 0.6 is 0 Å². The molecule has 0 bridgehead atoms. The van der Waals surface area contributed by atoms with Gasteiger partial charge in [0.15, 0.2) is 0 Å². The Hall–Kier alpha value is -6.18. The third-order valence-electron chi connectivity index (χ3n) is 9.61. The molecule has 0 aliphatic carbocycles. The normalized spacial score (nSPS) is 15.1. The maximum atomic E-state index is 9.17. The van der Waals surface area contributed by atoms with Crippen molar-refractivity contribution in [1.29, 1.82) is 0 Å². The minimum atomic E-state index is -0.488. The third kappa shape index (κ3) is 3.54. The molecule has 47 heavy (non-hydrogen) atoms. The van der Waals surface area contributed by atoms with E-state index in [1.165, 1.54) is 5.39 Å². The molecule has 10 aromatic carbocycles. The fourth-order valence-corrected chi connectivity index (χ4v) is 7.42. The number of rotatable bonds is 2. The van der Waals surface area contributed by atoms with Gasteiger partial charge in [0.05, 0.1) is 12.3 Å². The monoisotopic (exact) mass is 603 g/mol. The molecule has 0 amide bonds. The van der Waals surface area contributed by atoms with Crippen LogP contribution in [0.25, 0.3) is 98.0 Å². The fourth-order valence-electron chi connectivity index (χ4n) is 7.42. The van der Waals surface area contributed by atoms with Crippen LogP contribution in [-0.4, -0.2) is 0 Å². The van der Waals surface area contributed by atoms with Crippen molar-refractivity contribution < 1.29 is 17.1 Å². The lowest BCUT2D eigenvalue weighted by Gasteiger charge is -2.23. The Morgan fingerprint density at radius 2 is 1.06 bits per heavy atom. The van der Waals surface area contributed by atoms with E-state index in [0.717, 1.165) is 60.7 Å². The van der Waals surface area contributed by atoms with E-state index in [2.05, 4.69) is 60.7 Å². The maximum absolute atomic E-state index is 9.17. The number of fused-ring (bicyclic) bond motifs is 5. The highest BCUT2D eigenvalue weighted by atomic mass is 16.5. The van der Waals surface area contributed by atoms with E-state index in [-0.39, 0.29) is 68.1 Å². The third-order valence-corrected chi connectivity index (χ3v) is 9.61. The second kappa shape index (κ2) is 9.19.